The zero-order chi connectivity index (χ0) is 11.4. The van der Waals surface area contributed by atoms with E-state index in [4.69, 9.17) is 4.52 Å². The van der Waals surface area contributed by atoms with Crippen LogP contribution in [0.1, 0.15) is 20.3 Å². The zero-order valence-electron chi connectivity index (χ0n) is 8.89. The van der Waals surface area contributed by atoms with Gasteiger partial charge in [-0.15, -0.1) is 0 Å². The quantitative estimate of drug-likeness (QED) is 0.524. The molecule has 0 radical (unpaired) electrons. The Morgan fingerprint density at radius 1 is 1.43 bits per heavy atom. The lowest BCUT2D eigenvalue weighted by Crippen LogP contribution is -2.16. The van der Waals surface area contributed by atoms with Gasteiger partial charge in [0.25, 0.3) is 10.1 Å². The van der Waals surface area contributed by atoms with E-state index in [2.05, 4.69) is 4.18 Å². The molecule has 86 valence electrons. The van der Waals surface area contributed by atoms with Gasteiger partial charge in [-0.2, -0.15) is 8.42 Å². The molecule has 0 rings (SSSR count). The number of hydrogen-bond acceptors (Lipinski definition) is 5. The van der Waals surface area contributed by atoms with E-state index in [1.165, 1.54) is 14.0 Å². The molecule has 0 aromatic rings. The molecule has 14 heavy (non-hydrogen) atoms. The highest BCUT2D eigenvalue weighted by Gasteiger charge is 2.32. The summed E-state index contributed by atoms with van der Waals surface area (Å²) in [6, 6.07) is 0. The van der Waals surface area contributed by atoms with E-state index >= 15 is 0 Å². The fraction of sp³-hybridized carbons (Fsp3) is 1.00. The second-order valence-corrected chi connectivity index (χ2v) is 7.62. The summed E-state index contributed by atoms with van der Waals surface area (Å²) in [5, 5.41) is 0. The van der Waals surface area contributed by atoms with Crippen molar-refractivity contribution in [3.63, 3.8) is 0 Å². The first-order chi connectivity index (χ1) is 6.25. The molecule has 0 aliphatic rings. The molecule has 0 saturated carbocycles. The molecule has 0 aromatic heterocycles. The molecule has 0 aliphatic carbocycles. The third-order valence-corrected chi connectivity index (χ3v) is 5.40. The molecule has 0 aliphatic heterocycles. The lowest BCUT2D eigenvalue weighted by molar-refractivity contribution is 0.263. The zero-order valence-corrected chi connectivity index (χ0v) is 10.6. The van der Waals surface area contributed by atoms with E-state index in [9.17, 15) is 13.0 Å². The molecule has 0 fully saturated rings. The van der Waals surface area contributed by atoms with Crippen LogP contribution < -0.4 is 0 Å². The first-order valence-electron chi connectivity index (χ1n) is 4.28. The van der Waals surface area contributed by atoms with E-state index in [-0.39, 0.29) is 0 Å². The third kappa shape index (κ3) is 4.55. The molecule has 2 atom stereocenters. The van der Waals surface area contributed by atoms with Gasteiger partial charge in [0, 0.05) is 13.3 Å². The molecule has 0 heterocycles. The predicted molar refractivity (Wildman–Crippen MR) is 55.2 cm³/mol. The van der Waals surface area contributed by atoms with Crippen molar-refractivity contribution in [2.75, 3.05) is 19.5 Å². The maximum absolute atomic E-state index is 11.9. The van der Waals surface area contributed by atoms with Gasteiger partial charge < -0.3 is 4.52 Å². The van der Waals surface area contributed by atoms with E-state index in [1.54, 1.807) is 0 Å². The van der Waals surface area contributed by atoms with E-state index in [0.29, 0.717) is 12.6 Å². The van der Waals surface area contributed by atoms with Gasteiger partial charge in [-0.05, 0) is 13.3 Å². The van der Waals surface area contributed by atoms with Crippen LogP contribution >= 0.6 is 7.37 Å². The van der Waals surface area contributed by atoms with Crippen molar-refractivity contribution in [1.29, 1.82) is 0 Å². The maximum atomic E-state index is 11.9. The van der Waals surface area contributed by atoms with Crippen molar-refractivity contribution >= 4 is 17.5 Å². The Morgan fingerprint density at radius 3 is 2.21 bits per heavy atom. The molecule has 0 aromatic carbocycles. The van der Waals surface area contributed by atoms with Gasteiger partial charge in [-0.1, -0.05) is 6.92 Å². The minimum absolute atomic E-state index is 0.320. The van der Waals surface area contributed by atoms with E-state index < -0.39 is 23.3 Å². The molecular formula is C7H17O5PS. The van der Waals surface area contributed by atoms with Gasteiger partial charge in [-0.25, -0.2) is 0 Å². The monoisotopic (exact) mass is 244 g/mol. The van der Waals surface area contributed by atoms with Crippen LogP contribution in [-0.4, -0.2) is 33.8 Å². The fourth-order valence-electron chi connectivity index (χ4n) is 1.05. The molecule has 0 N–H and O–H groups in total. The third-order valence-electron chi connectivity index (χ3n) is 1.71. The molecule has 2 unspecified atom stereocenters. The van der Waals surface area contributed by atoms with Gasteiger partial charge in [0.2, 0.25) is 7.37 Å². The van der Waals surface area contributed by atoms with Crippen molar-refractivity contribution in [3.05, 3.63) is 0 Å². The Balaban J connectivity index is 4.63. The smallest absolute Gasteiger partial charge is 0.265 e. The van der Waals surface area contributed by atoms with Crippen molar-refractivity contribution in [2.45, 2.75) is 26.1 Å². The highest BCUT2D eigenvalue weighted by atomic mass is 32.2. The normalized spacial score (nSPS) is 18.9. The summed E-state index contributed by atoms with van der Waals surface area (Å²) in [5.41, 5.74) is 0. The van der Waals surface area contributed by atoms with Crippen LogP contribution in [0.25, 0.3) is 0 Å². The lowest BCUT2D eigenvalue weighted by atomic mass is 10.6. The summed E-state index contributed by atoms with van der Waals surface area (Å²) in [5.74, 6) is -0.914. The van der Waals surface area contributed by atoms with Gasteiger partial charge in [0.15, 0.2) is 5.85 Å². The predicted octanol–water partition coefficient (Wildman–Crippen LogP) is 1.64. The first kappa shape index (κ1) is 14.1. The molecule has 0 saturated heterocycles. The summed E-state index contributed by atoms with van der Waals surface area (Å²) in [7, 11) is -5.27. The Bertz CT molecular complexity index is 310. The summed E-state index contributed by atoms with van der Waals surface area (Å²) >= 11 is 0. The fourth-order valence-corrected chi connectivity index (χ4v) is 4.02. The average Bonchev–Trinajstić information content (AvgIpc) is 2.01. The van der Waals surface area contributed by atoms with Crippen LogP contribution in [0.2, 0.25) is 0 Å². The van der Waals surface area contributed by atoms with Crippen molar-refractivity contribution in [2.24, 2.45) is 0 Å². The minimum atomic E-state index is -3.59. The Hall–Kier alpha value is 0.1000. The summed E-state index contributed by atoms with van der Waals surface area (Å²) < 4.78 is 43.0. The van der Waals surface area contributed by atoms with E-state index in [0.717, 1.165) is 6.26 Å². The van der Waals surface area contributed by atoms with Crippen molar-refractivity contribution in [1.82, 2.24) is 0 Å². The van der Waals surface area contributed by atoms with Crippen LogP contribution in [0.15, 0.2) is 0 Å². The second-order valence-electron chi connectivity index (χ2n) is 3.03. The van der Waals surface area contributed by atoms with Crippen molar-refractivity contribution < 1.29 is 21.7 Å². The van der Waals surface area contributed by atoms with Gasteiger partial charge in [0.05, 0.1) is 6.26 Å². The maximum Gasteiger partial charge on any atom is 0.265 e. The van der Waals surface area contributed by atoms with Crippen molar-refractivity contribution in [3.8, 4) is 0 Å². The summed E-state index contributed by atoms with van der Waals surface area (Å²) in [4.78, 5) is 0. The highest BCUT2D eigenvalue weighted by molar-refractivity contribution is 7.86. The molecule has 0 spiro atoms. The topological polar surface area (TPSA) is 69.7 Å². The van der Waals surface area contributed by atoms with Crippen LogP contribution in [0.3, 0.4) is 0 Å². The second kappa shape index (κ2) is 5.26. The average molecular weight is 244 g/mol. The van der Waals surface area contributed by atoms with Crippen LogP contribution in [0, 0.1) is 0 Å². The Morgan fingerprint density at radius 2 is 1.93 bits per heavy atom. The minimum Gasteiger partial charge on any atom is -0.330 e. The Kier molecular flexibility index (Phi) is 5.30. The number of rotatable bonds is 6. The molecular weight excluding hydrogens is 227 g/mol. The van der Waals surface area contributed by atoms with Gasteiger partial charge in [0.1, 0.15) is 0 Å². The molecule has 7 heteroatoms. The van der Waals surface area contributed by atoms with Crippen LogP contribution in [-0.2, 0) is 23.4 Å². The molecule has 0 amide bonds. The standard InChI is InChI=1S/C7H17O5PS/c1-5-6-13(8,11-3)7(2)12-14(4,9)10/h7H,5-6H2,1-4H3. The summed E-state index contributed by atoms with van der Waals surface area (Å²) in [6.45, 7) is 3.29. The lowest BCUT2D eigenvalue weighted by Gasteiger charge is -2.21. The van der Waals surface area contributed by atoms with Gasteiger partial charge >= 0.3 is 0 Å². The first-order valence-corrected chi connectivity index (χ1v) is 7.97. The number of hydrogen-bond donors (Lipinski definition) is 0. The largest absolute Gasteiger partial charge is 0.330 e. The van der Waals surface area contributed by atoms with E-state index in [1.807, 2.05) is 6.92 Å². The SMILES string of the molecule is CCCP(=O)(OC)C(C)OS(C)(=O)=O. The Labute approximate surface area is 85.4 Å². The molecule has 5 nitrogen and oxygen atoms in total. The summed E-state index contributed by atoms with van der Waals surface area (Å²) in [6.07, 6.45) is 1.90. The van der Waals surface area contributed by atoms with Crippen LogP contribution in [0.5, 0.6) is 0 Å². The van der Waals surface area contributed by atoms with Gasteiger partial charge in [-0.3, -0.25) is 8.75 Å². The molecule has 0 bridgehead atoms. The highest BCUT2D eigenvalue weighted by Crippen LogP contribution is 2.52. The van der Waals surface area contributed by atoms with Crippen LogP contribution in [0.4, 0.5) is 0 Å².